The number of methoxy groups -OCH3 is 1. The van der Waals surface area contributed by atoms with Crippen molar-refractivity contribution in [3.05, 3.63) is 59.0 Å². The molecule has 3 aromatic rings. The fraction of sp³-hybridized carbons (Fsp3) is 0.300. The fourth-order valence-electron chi connectivity index (χ4n) is 3.05. The SMILES string of the molecule is COCCNc1nnc(SCC(=O)N2N=C(c3ccc(Cl)cc3)C[C@@H]2c2ccco2)s1. The van der Waals surface area contributed by atoms with Crippen molar-refractivity contribution < 1.29 is 13.9 Å². The van der Waals surface area contributed by atoms with E-state index in [0.29, 0.717) is 39.8 Å². The summed E-state index contributed by atoms with van der Waals surface area (Å²) in [6, 6.07) is 10.8. The van der Waals surface area contributed by atoms with Crippen LogP contribution in [0.25, 0.3) is 0 Å². The number of amides is 1. The molecule has 11 heteroatoms. The number of hydrazone groups is 1. The number of hydrogen-bond acceptors (Lipinski definition) is 9. The molecule has 2 aromatic heterocycles. The predicted octanol–water partition coefficient (Wildman–Crippen LogP) is 4.31. The van der Waals surface area contributed by atoms with Crippen LogP contribution < -0.4 is 5.32 Å². The Hall–Kier alpha value is -2.40. The summed E-state index contributed by atoms with van der Waals surface area (Å²) < 4.78 is 11.3. The zero-order valence-electron chi connectivity index (χ0n) is 16.7. The quantitative estimate of drug-likeness (QED) is 0.362. The third kappa shape index (κ3) is 5.45. The molecular weight excluding hydrogens is 458 g/mol. The van der Waals surface area contributed by atoms with Crippen molar-refractivity contribution in [2.24, 2.45) is 5.10 Å². The molecule has 0 spiro atoms. The van der Waals surface area contributed by atoms with Crippen molar-refractivity contribution in [2.45, 2.75) is 16.8 Å². The van der Waals surface area contributed by atoms with Gasteiger partial charge >= 0.3 is 0 Å². The van der Waals surface area contributed by atoms with Crippen molar-refractivity contribution in [3.8, 4) is 0 Å². The number of carbonyl (C=O) groups is 1. The average molecular weight is 478 g/mol. The number of nitrogens with zero attached hydrogens (tertiary/aromatic N) is 4. The van der Waals surface area contributed by atoms with E-state index < -0.39 is 0 Å². The van der Waals surface area contributed by atoms with Gasteiger partial charge in [-0.05, 0) is 29.8 Å². The van der Waals surface area contributed by atoms with Gasteiger partial charge in [0.25, 0.3) is 5.91 Å². The summed E-state index contributed by atoms with van der Waals surface area (Å²) in [6.07, 6.45) is 2.17. The van der Waals surface area contributed by atoms with E-state index in [-0.39, 0.29) is 17.7 Å². The van der Waals surface area contributed by atoms with E-state index in [9.17, 15) is 4.79 Å². The lowest BCUT2D eigenvalue weighted by atomic mass is 10.0. The lowest BCUT2D eigenvalue weighted by molar-refractivity contribution is -0.130. The number of benzene rings is 1. The Morgan fingerprint density at radius 1 is 1.35 bits per heavy atom. The van der Waals surface area contributed by atoms with Crippen LogP contribution in [0.3, 0.4) is 0 Å². The van der Waals surface area contributed by atoms with E-state index in [1.54, 1.807) is 13.4 Å². The number of ether oxygens (including phenoxy) is 1. The van der Waals surface area contributed by atoms with E-state index in [1.165, 1.54) is 28.1 Å². The van der Waals surface area contributed by atoms with Gasteiger partial charge in [0, 0.05) is 25.1 Å². The zero-order valence-corrected chi connectivity index (χ0v) is 19.0. The Labute approximate surface area is 192 Å². The first-order valence-corrected chi connectivity index (χ1v) is 11.7. The number of hydrogen-bond donors (Lipinski definition) is 1. The summed E-state index contributed by atoms with van der Waals surface area (Å²) in [5.74, 6) is 0.771. The van der Waals surface area contributed by atoms with Gasteiger partial charge in [-0.25, -0.2) is 5.01 Å². The molecule has 1 aliphatic rings. The van der Waals surface area contributed by atoms with Crippen LogP contribution in [0.2, 0.25) is 5.02 Å². The number of thioether (sulfide) groups is 1. The molecule has 0 fully saturated rings. The number of carbonyl (C=O) groups excluding carboxylic acids is 1. The van der Waals surface area contributed by atoms with E-state index in [0.717, 1.165) is 11.3 Å². The molecule has 1 N–H and O–H groups in total. The normalized spacial score (nSPS) is 15.9. The lowest BCUT2D eigenvalue weighted by Gasteiger charge is -2.19. The van der Waals surface area contributed by atoms with E-state index in [1.807, 2.05) is 36.4 Å². The summed E-state index contributed by atoms with van der Waals surface area (Å²) in [6.45, 7) is 1.23. The largest absolute Gasteiger partial charge is 0.467 e. The maximum atomic E-state index is 13.0. The molecule has 0 radical (unpaired) electrons. The second kappa shape index (κ2) is 10.3. The molecule has 1 aromatic carbocycles. The van der Waals surface area contributed by atoms with Gasteiger partial charge in [0.05, 0.1) is 24.3 Å². The van der Waals surface area contributed by atoms with Crippen LogP contribution in [-0.4, -0.2) is 52.8 Å². The van der Waals surface area contributed by atoms with Crippen molar-refractivity contribution in [1.29, 1.82) is 0 Å². The molecule has 0 bridgehead atoms. The first-order valence-electron chi connectivity index (χ1n) is 9.52. The summed E-state index contributed by atoms with van der Waals surface area (Å²) in [5.41, 5.74) is 1.75. The molecule has 1 aliphatic heterocycles. The molecule has 3 heterocycles. The Bertz CT molecular complexity index is 1040. The minimum atomic E-state index is -0.283. The first-order chi connectivity index (χ1) is 15.1. The van der Waals surface area contributed by atoms with Crippen molar-refractivity contribution >= 4 is 51.5 Å². The number of aromatic nitrogens is 2. The molecule has 0 unspecified atom stereocenters. The highest BCUT2D eigenvalue weighted by atomic mass is 35.5. The second-order valence-corrected chi connectivity index (χ2v) is 9.25. The predicted molar refractivity (Wildman–Crippen MR) is 122 cm³/mol. The Balaban J connectivity index is 1.44. The fourth-order valence-corrected chi connectivity index (χ4v) is 4.80. The van der Waals surface area contributed by atoms with E-state index >= 15 is 0 Å². The average Bonchev–Trinajstić information content (AvgIpc) is 3.53. The number of halogens is 1. The molecular formula is C20H20ClN5O3S2. The maximum absolute atomic E-state index is 13.0. The van der Waals surface area contributed by atoms with Gasteiger partial charge in [-0.3, -0.25) is 4.79 Å². The zero-order chi connectivity index (χ0) is 21.6. The van der Waals surface area contributed by atoms with Gasteiger partial charge in [-0.15, -0.1) is 10.2 Å². The number of rotatable bonds is 9. The van der Waals surface area contributed by atoms with Crippen LogP contribution in [0, 0.1) is 0 Å². The van der Waals surface area contributed by atoms with Gasteiger partial charge in [0.15, 0.2) is 4.34 Å². The van der Waals surface area contributed by atoms with Crippen LogP contribution in [0.1, 0.15) is 23.8 Å². The molecule has 162 valence electrons. The molecule has 1 amide bonds. The van der Waals surface area contributed by atoms with Crippen molar-refractivity contribution in [1.82, 2.24) is 15.2 Å². The summed E-state index contributed by atoms with van der Waals surface area (Å²) >= 11 is 8.74. The second-order valence-electron chi connectivity index (χ2n) is 6.61. The molecule has 31 heavy (non-hydrogen) atoms. The van der Waals surface area contributed by atoms with Crippen molar-refractivity contribution in [3.63, 3.8) is 0 Å². The van der Waals surface area contributed by atoms with Crippen LogP contribution in [-0.2, 0) is 9.53 Å². The van der Waals surface area contributed by atoms with Gasteiger partial charge in [-0.1, -0.05) is 46.8 Å². The Morgan fingerprint density at radius 3 is 2.94 bits per heavy atom. The van der Waals surface area contributed by atoms with Crippen LogP contribution in [0.4, 0.5) is 5.13 Å². The third-order valence-electron chi connectivity index (χ3n) is 4.52. The number of furan rings is 1. The van der Waals surface area contributed by atoms with Gasteiger partial charge < -0.3 is 14.5 Å². The van der Waals surface area contributed by atoms with Crippen molar-refractivity contribution in [2.75, 3.05) is 31.3 Å². The molecule has 0 aliphatic carbocycles. The molecule has 8 nitrogen and oxygen atoms in total. The molecule has 0 saturated heterocycles. The van der Waals surface area contributed by atoms with Gasteiger partial charge in [0.2, 0.25) is 5.13 Å². The van der Waals surface area contributed by atoms with Crippen LogP contribution in [0.5, 0.6) is 0 Å². The lowest BCUT2D eigenvalue weighted by Crippen LogP contribution is -2.28. The highest BCUT2D eigenvalue weighted by Crippen LogP contribution is 2.34. The van der Waals surface area contributed by atoms with Gasteiger partial charge in [0.1, 0.15) is 11.8 Å². The van der Waals surface area contributed by atoms with Crippen LogP contribution in [0.15, 0.2) is 56.5 Å². The minimum absolute atomic E-state index is 0.126. The topological polar surface area (TPSA) is 92.8 Å². The Kier molecular flexibility index (Phi) is 7.23. The van der Waals surface area contributed by atoms with E-state index in [2.05, 4.69) is 20.6 Å². The highest BCUT2D eigenvalue weighted by Gasteiger charge is 2.34. The summed E-state index contributed by atoms with van der Waals surface area (Å²) in [7, 11) is 1.64. The standard InChI is InChI=1S/C20H20ClN5O3S2/c1-28-10-8-22-19-23-24-20(31-19)30-12-18(27)26-16(17-3-2-9-29-17)11-15(25-26)13-4-6-14(21)7-5-13/h2-7,9,16H,8,10-12H2,1H3,(H,22,23)/t16-/m1/s1. The smallest absolute Gasteiger partial charge is 0.253 e. The van der Waals surface area contributed by atoms with E-state index in [4.69, 9.17) is 20.8 Å². The monoisotopic (exact) mass is 477 g/mol. The third-order valence-corrected chi connectivity index (χ3v) is 6.77. The number of nitrogens with one attached hydrogen (secondary N) is 1. The highest BCUT2D eigenvalue weighted by molar-refractivity contribution is 8.01. The molecule has 0 saturated carbocycles. The minimum Gasteiger partial charge on any atom is -0.467 e. The number of anilines is 1. The van der Waals surface area contributed by atoms with Gasteiger partial charge in [-0.2, -0.15) is 5.10 Å². The summed E-state index contributed by atoms with van der Waals surface area (Å²) in [5, 5.41) is 18.8. The molecule has 4 rings (SSSR count). The Morgan fingerprint density at radius 2 is 2.19 bits per heavy atom. The maximum Gasteiger partial charge on any atom is 0.253 e. The van der Waals surface area contributed by atoms with Crippen LogP contribution >= 0.6 is 34.7 Å². The first kappa shape index (κ1) is 21.8. The molecule has 1 atom stereocenters. The summed E-state index contributed by atoms with van der Waals surface area (Å²) in [4.78, 5) is 13.0.